The fourth-order valence-corrected chi connectivity index (χ4v) is 4.79. The number of carbonyl (C=O) groups excluding carboxylic acids is 2. The summed E-state index contributed by atoms with van der Waals surface area (Å²) in [5.74, 6) is -0.548. The Morgan fingerprint density at radius 3 is 2.42 bits per heavy atom. The molecule has 0 fully saturated rings. The molecule has 2 atom stereocenters. The van der Waals surface area contributed by atoms with Crippen molar-refractivity contribution in [2.45, 2.75) is 38.5 Å². The second kappa shape index (κ2) is 11.3. The van der Waals surface area contributed by atoms with Crippen molar-refractivity contribution in [3.63, 3.8) is 0 Å². The molecule has 6 heteroatoms. The summed E-state index contributed by atoms with van der Waals surface area (Å²) in [6.07, 6.45) is 1.31. The average Bonchev–Trinajstić information content (AvgIpc) is 3.20. The highest BCUT2D eigenvalue weighted by Gasteiger charge is 2.36. The topological polar surface area (TPSA) is 61.4 Å². The Bertz CT molecular complexity index is 1420. The number of anilines is 1. The molecule has 0 saturated carbocycles. The number of hydrogen-bond donors (Lipinski definition) is 2. The van der Waals surface area contributed by atoms with Crippen molar-refractivity contribution in [1.82, 2.24) is 10.2 Å². The van der Waals surface area contributed by atoms with Crippen LogP contribution < -0.4 is 10.6 Å². The van der Waals surface area contributed by atoms with Crippen LogP contribution in [0.2, 0.25) is 0 Å². The van der Waals surface area contributed by atoms with Gasteiger partial charge < -0.3 is 15.5 Å². The maximum atomic E-state index is 13.4. The first-order valence-electron chi connectivity index (χ1n) is 12.8. The largest absolute Gasteiger partial charge is 0.361 e. The van der Waals surface area contributed by atoms with E-state index in [0.717, 1.165) is 29.7 Å². The van der Waals surface area contributed by atoms with Gasteiger partial charge in [0.2, 0.25) is 0 Å². The third-order valence-corrected chi connectivity index (χ3v) is 6.84. The Labute approximate surface area is 222 Å². The molecule has 0 aliphatic carbocycles. The minimum atomic E-state index is -0.424. The van der Waals surface area contributed by atoms with Gasteiger partial charge in [-0.15, -0.1) is 0 Å². The number of rotatable bonds is 9. The Balaban J connectivity index is 1.30. The van der Waals surface area contributed by atoms with Gasteiger partial charge in [-0.3, -0.25) is 9.59 Å². The number of fused-ring (bicyclic) bond motifs is 1. The van der Waals surface area contributed by atoms with Gasteiger partial charge in [0.1, 0.15) is 12.0 Å². The van der Waals surface area contributed by atoms with Gasteiger partial charge in [-0.2, -0.15) is 0 Å². The van der Waals surface area contributed by atoms with E-state index in [-0.39, 0.29) is 23.7 Å². The lowest BCUT2D eigenvalue weighted by atomic mass is 10.1. The summed E-state index contributed by atoms with van der Waals surface area (Å²) in [7, 11) is 0. The van der Waals surface area contributed by atoms with Crippen molar-refractivity contribution in [3.8, 4) is 0 Å². The Hall–Kier alpha value is -4.45. The van der Waals surface area contributed by atoms with Crippen molar-refractivity contribution in [2.75, 3.05) is 5.32 Å². The van der Waals surface area contributed by atoms with Crippen LogP contribution in [0.15, 0.2) is 103 Å². The lowest BCUT2D eigenvalue weighted by Crippen LogP contribution is -2.33. The highest BCUT2D eigenvalue weighted by atomic mass is 19.1. The molecule has 4 aromatic carbocycles. The van der Waals surface area contributed by atoms with Crippen molar-refractivity contribution < 1.29 is 14.0 Å². The maximum absolute atomic E-state index is 13.4. The fourth-order valence-electron chi connectivity index (χ4n) is 4.79. The third kappa shape index (κ3) is 5.75. The lowest BCUT2D eigenvalue weighted by Gasteiger charge is -2.27. The van der Waals surface area contributed by atoms with Crippen LogP contribution in [0.5, 0.6) is 0 Å². The van der Waals surface area contributed by atoms with Crippen LogP contribution in [-0.2, 0) is 13.0 Å². The zero-order valence-corrected chi connectivity index (χ0v) is 21.2. The number of nitrogens with zero attached hydrogens (tertiary/aromatic N) is 1. The summed E-state index contributed by atoms with van der Waals surface area (Å²) < 4.78 is 13.4. The monoisotopic (exact) mass is 507 g/mol. The number of carbonyl (C=O) groups is 2. The van der Waals surface area contributed by atoms with Gasteiger partial charge in [-0.1, -0.05) is 66.7 Å². The van der Waals surface area contributed by atoms with Crippen molar-refractivity contribution >= 4 is 17.5 Å². The second-order valence-electron chi connectivity index (χ2n) is 9.67. The SMILES string of the molecule is CC(CCc1ccccc1)NC(=O)c1cccc(NC2c3ccccc3C(=O)N2Cc2ccc(F)cc2)c1. The van der Waals surface area contributed by atoms with Gasteiger partial charge in [0.15, 0.2) is 0 Å². The van der Waals surface area contributed by atoms with E-state index < -0.39 is 6.17 Å². The molecule has 1 aliphatic rings. The molecule has 38 heavy (non-hydrogen) atoms. The minimum absolute atomic E-state index is 0.0184. The normalized spacial score (nSPS) is 15.2. The summed E-state index contributed by atoms with van der Waals surface area (Å²) in [5, 5.41) is 6.55. The first-order chi connectivity index (χ1) is 18.5. The van der Waals surface area contributed by atoms with E-state index in [1.165, 1.54) is 17.7 Å². The highest BCUT2D eigenvalue weighted by Crippen LogP contribution is 2.35. The molecule has 1 aliphatic heterocycles. The second-order valence-corrected chi connectivity index (χ2v) is 9.67. The molecule has 2 amide bonds. The third-order valence-electron chi connectivity index (χ3n) is 6.84. The molecule has 2 N–H and O–H groups in total. The number of halogens is 1. The van der Waals surface area contributed by atoms with Gasteiger partial charge >= 0.3 is 0 Å². The molecule has 1 heterocycles. The first kappa shape index (κ1) is 25.2. The molecule has 5 nitrogen and oxygen atoms in total. The Kier molecular flexibility index (Phi) is 7.50. The summed E-state index contributed by atoms with van der Waals surface area (Å²) in [6, 6.07) is 31.2. The van der Waals surface area contributed by atoms with Gasteiger partial charge in [0.25, 0.3) is 11.8 Å². The van der Waals surface area contributed by atoms with Crippen LogP contribution >= 0.6 is 0 Å². The average molecular weight is 508 g/mol. The fraction of sp³-hybridized carbons (Fsp3) is 0.188. The zero-order valence-electron chi connectivity index (χ0n) is 21.2. The first-order valence-corrected chi connectivity index (χ1v) is 12.8. The molecule has 0 aromatic heterocycles. The molecule has 192 valence electrons. The van der Waals surface area contributed by atoms with Crippen LogP contribution in [0.4, 0.5) is 10.1 Å². The van der Waals surface area contributed by atoms with E-state index in [2.05, 4.69) is 22.8 Å². The van der Waals surface area contributed by atoms with Crippen molar-refractivity contribution in [1.29, 1.82) is 0 Å². The molecule has 4 aromatic rings. The van der Waals surface area contributed by atoms with Crippen LogP contribution in [0.1, 0.15) is 56.9 Å². The van der Waals surface area contributed by atoms with Crippen LogP contribution in [0, 0.1) is 5.82 Å². The van der Waals surface area contributed by atoms with Crippen molar-refractivity contribution in [2.24, 2.45) is 0 Å². The van der Waals surface area contributed by atoms with E-state index in [9.17, 15) is 14.0 Å². The summed E-state index contributed by atoms with van der Waals surface area (Å²) in [6.45, 7) is 2.34. The molecule has 5 rings (SSSR count). The van der Waals surface area contributed by atoms with E-state index in [1.807, 2.05) is 61.5 Å². The number of aryl methyl sites for hydroxylation is 1. The predicted octanol–water partition coefficient (Wildman–Crippen LogP) is 6.34. The predicted molar refractivity (Wildman–Crippen MR) is 147 cm³/mol. The number of benzene rings is 4. The van der Waals surface area contributed by atoms with Gasteiger partial charge in [0, 0.05) is 35.0 Å². The molecule has 0 radical (unpaired) electrons. The van der Waals surface area contributed by atoms with Crippen LogP contribution in [-0.4, -0.2) is 22.8 Å². The van der Waals surface area contributed by atoms with E-state index in [4.69, 9.17) is 0 Å². The van der Waals surface area contributed by atoms with Gasteiger partial charge in [-0.05, 0) is 67.3 Å². The smallest absolute Gasteiger partial charge is 0.256 e. The quantitative estimate of drug-likeness (QED) is 0.278. The van der Waals surface area contributed by atoms with Crippen LogP contribution in [0.3, 0.4) is 0 Å². The van der Waals surface area contributed by atoms with Crippen molar-refractivity contribution in [3.05, 3.63) is 137 Å². The zero-order chi connectivity index (χ0) is 26.5. The van der Waals surface area contributed by atoms with E-state index in [0.29, 0.717) is 17.7 Å². The Morgan fingerprint density at radius 1 is 0.895 bits per heavy atom. The number of nitrogens with one attached hydrogen (secondary N) is 2. The van der Waals surface area contributed by atoms with E-state index in [1.54, 1.807) is 29.2 Å². The number of hydrogen-bond acceptors (Lipinski definition) is 3. The van der Waals surface area contributed by atoms with Gasteiger partial charge in [0.05, 0.1) is 0 Å². The standard InChI is InChI=1S/C32H30FN3O2/c1-22(14-15-23-8-3-2-4-9-23)34-31(37)25-10-7-11-27(20-25)35-30-28-12-5-6-13-29(28)32(38)36(30)21-24-16-18-26(33)19-17-24/h2-13,16-20,22,30,35H,14-15,21H2,1H3,(H,34,37). The minimum Gasteiger partial charge on any atom is -0.361 e. The molecule has 0 saturated heterocycles. The molecular weight excluding hydrogens is 477 g/mol. The lowest BCUT2D eigenvalue weighted by molar-refractivity contribution is 0.0728. The summed E-state index contributed by atoms with van der Waals surface area (Å²) in [5.41, 5.74) is 4.85. The highest BCUT2D eigenvalue weighted by molar-refractivity contribution is 5.99. The van der Waals surface area contributed by atoms with Crippen LogP contribution in [0.25, 0.3) is 0 Å². The Morgan fingerprint density at radius 2 is 1.63 bits per heavy atom. The number of amides is 2. The molecule has 0 bridgehead atoms. The molecule has 2 unspecified atom stereocenters. The molecular formula is C32H30FN3O2. The summed E-state index contributed by atoms with van der Waals surface area (Å²) in [4.78, 5) is 28.0. The van der Waals surface area contributed by atoms with Gasteiger partial charge in [-0.25, -0.2) is 4.39 Å². The maximum Gasteiger partial charge on any atom is 0.256 e. The van der Waals surface area contributed by atoms with E-state index >= 15 is 0 Å². The summed E-state index contributed by atoms with van der Waals surface area (Å²) >= 11 is 0. The molecule has 0 spiro atoms.